The van der Waals surface area contributed by atoms with E-state index in [2.05, 4.69) is 10.5 Å². The highest BCUT2D eigenvalue weighted by Crippen LogP contribution is 2.35. The van der Waals surface area contributed by atoms with Crippen LogP contribution in [0.2, 0.25) is 20.1 Å². The van der Waals surface area contributed by atoms with Crippen molar-refractivity contribution in [2.75, 3.05) is 7.11 Å². The van der Waals surface area contributed by atoms with Crippen LogP contribution in [0, 0.1) is 0 Å². The van der Waals surface area contributed by atoms with Crippen molar-refractivity contribution in [3.63, 3.8) is 0 Å². The van der Waals surface area contributed by atoms with Crippen molar-refractivity contribution >= 4 is 69.3 Å². The fourth-order valence-corrected chi connectivity index (χ4v) is 4.45. The first-order valence-corrected chi connectivity index (χ1v) is 11.8. The molecule has 0 fully saturated rings. The molecule has 0 aromatic heterocycles. The summed E-state index contributed by atoms with van der Waals surface area (Å²) in [6.45, 7) is 0.159. The Kier molecular flexibility index (Phi) is 8.04. The number of hydrogen-bond donors (Lipinski definition) is 1. The van der Waals surface area contributed by atoms with Crippen molar-refractivity contribution in [3.8, 4) is 11.5 Å². The van der Waals surface area contributed by atoms with Gasteiger partial charge in [0, 0.05) is 15.6 Å². The molecule has 0 radical (unpaired) electrons. The summed E-state index contributed by atoms with van der Waals surface area (Å²) < 4.78 is 11.1. The van der Waals surface area contributed by atoms with Crippen LogP contribution in [0.3, 0.4) is 0 Å². The van der Waals surface area contributed by atoms with Gasteiger partial charge in [-0.15, -0.1) is 0 Å². The third-order valence-electron chi connectivity index (χ3n) is 5.10. The minimum atomic E-state index is -0.416. The molecule has 0 atom stereocenters. The highest BCUT2D eigenvalue weighted by molar-refractivity contribution is 6.37. The number of carbonyl (C=O) groups excluding carboxylic acids is 1. The molecule has 0 heterocycles. The number of fused-ring (bicyclic) bond motifs is 1. The van der Waals surface area contributed by atoms with Crippen LogP contribution in [0.5, 0.6) is 11.5 Å². The number of benzene rings is 4. The second-order valence-corrected chi connectivity index (χ2v) is 9.09. The molecule has 4 aromatic rings. The van der Waals surface area contributed by atoms with Crippen molar-refractivity contribution < 1.29 is 14.3 Å². The van der Waals surface area contributed by atoms with Crippen LogP contribution in [-0.4, -0.2) is 19.2 Å². The molecular formula is C26H18Cl4N2O3. The molecule has 0 spiro atoms. The summed E-state index contributed by atoms with van der Waals surface area (Å²) >= 11 is 24.8. The van der Waals surface area contributed by atoms with Gasteiger partial charge < -0.3 is 9.47 Å². The number of halogens is 4. The number of amides is 1. The van der Waals surface area contributed by atoms with Gasteiger partial charge in [-0.2, -0.15) is 5.10 Å². The van der Waals surface area contributed by atoms with Gasteiger partial charge in [0.15, 0.2) is 5.75 Å². The lowest BCUT2D eigenvalue weighted by Gasteiger charge is -2.12. The van der Waals surface area contributed by atoms with Gasteiger partial charge in [-0.1, -0.05) is 76.7 Å². The average molecular weight is 548 g/mol. The first kappa shape index (κ1) is 25.1. The quantitative estimate of drug-likeness (QED) is 0.189. The summed E-state index contributed by atoms with van der Waals surface area (Å²) in [7, 11) is 1.51. The number of nitrogens with one attached hydrogen (secondary N) is 1. The lowest BCUT2D eigenvalue weighted by molar-refractivity contribution is 0.0952. The zero-order valence-electron chi connectivity index (χ0n) is 18.3. The third-order valence-corrected chi connectivity index (χ3v) is 6.25. The molecule has 9 heteroatoms. The Balaban J connectivity index is 1.46. The van der Waals surface area contributed by atoms with Gasteiger partial charge in [0.05, 0.1) is 28.9 Å². The van der Waals surface area contributed by atoms with E-state index in [4.69, 9.17) is 55.9 Å². The summed E-state index contributed by atoms with van der Waals surface area (Å²) in [5.41, 5.74) is 4.18. The summed E-state index contributed by atoms with van der Waals surface area (Å²) in [6.07, 6.45) is 1.43. The molecule has 1 N–H and O–H groups in total. The standard InChI is InChI=1S/C26H18Cl4N2O3/c1-34-24-11-17-5-3-2-4-16(17)10-20(24)26(33)32-31-13-15-8-22(29)25(23(30)9-15)35-14-18-6-7-19(27)12-21(18)28/h2-13H,14H2,1H3,(H,32,33)/b31-13-. The Morgan fingerprint density at radius 1 is 0.914 bits per heavy atom. The minimum absolute atomic E-state index is 0.159. The first-order valence-electron chi connectivity index (χ1n) is 10.3. The molecule has 0 aliphatic rings. The maximum atomic E-state index is 12.7. The first-order chi connectivity index (χ1) is 16.9. The van der Waals surface area contributed by atoms with Crippen LogP contribution in [0.4, 0.5) is 0 Å². The van der Waals surface area contributed by atoms with Gasteiger partial charge >= 0.3 is 0 Å². The van der Waals surface area contributed by atoms with Crippen molar-refractivity contribution in [2.24, 2.45) is 5.10 Å². The molecule has 0 aliphatic heterocycles. The molecule has 0 unspecified atom stereocenters. The number of nitrogens with zero attached hydrogens (tertiary/aromatic N) is 1. The zero-order chi connectivity index (χ0) is 24.9. The van der Waals surface area contributed by atoms with E-state index in [0.717, 1.165) is 16.3 Å². The Labute approximate surface area is 222 Å². The highest BCUT2D eigenvalue weighted by atomic mass is 35.5. The minimum Gasteiger partial charge on any atom is -0.496 e. The van der Waals surface area contributed by atoms with Crippen molar-refractivity contribution in [2.45, 2.75) is 6.61 Å². The molecule has 4 rings (SSSR count). The number of hydrogen-bond acceptors (Lipinski definition) is 4. The molecule has 1 amide bonds. The monoisotopic (exact) mass is 546 g/mol. The Morgan fingerprint density at radius 3 is 2.26 bits per heavy atom. The number of rotatable bonds is 7. The largest absolute Gasteiger partial charge is 0.496 e. The van der Waals surface area contributed by atoms with Crippen LogP contribution in [0.25, 0.3) is 10.8 Å². The van der Waals surface area contributed by atoms with Gasteiger partial charge in [0.25, 0.3) is 5.91 Å². The van der Waals surface area contributed by atoms with Crippen molar-refractivity contribution in [1.82, 2.24) is 5.43 Å². The Hall–Kier alpha value is -2.96. The Bertz CT molecular complexity index is 1420. The van der Waals surface area contributed by atoms with Gasteiger partial charge in [-0.3, -0.25) is 4.79 Å². The van der Waals surface area contributed by atoms with E-state index in [1.165, 1.54) is 13.3 Å². The van der Waals surface area contributed by atoms with Gasteiger partial charge in [0.2, 0.25) is 0 Å². The van der Waals surface area contributed by atoms with Crippen LogP contribution in [0.15, 0.2) is 71.8 Å². The normalized spacial score (nSPS) is 11.1. The van der Waals surface area contributed by atoms with Crippen LogP contribution in [0.1, 0.15) is 21.5 Å². The second kappa shape index (κ2) is 11.2. The fraction of sp³-hybridized carbons (Fsp3) is 0.0769. The molecule has 0 aliphatic carbocycles. The summed E-state index contributed by atoms with van der Waals surface area (Å²) in [4.78, 5) is 12.7. The SMILES string of the molecule is COc1cc2ccccc2cc1C(=O)N/N=C\c1cc(Cl)c(OCc2ccc(Cl)cc2Cl)c(Cl)c1. The molecule has 178 valence electrons. The number of ether oxygens (including phenoxy) is 2. The molecule has 0 saturated heterocycles. The van der Waals surface area contributed by atoms with Crippen molar-refractivity contribution in [1.29, 1.82) is 0 Å². The molecular weight excluding hydrogens is 530 g/mol. The van der Waals surface area contributed by atoms with E-state index < -0.39 is 5.91 Å². The van der Waals surface area contributed by atoms with Crippen LogP contribution in [-0.2, 0) is 6.61 Å². The summed E-state index contributed by atoms with van der Waals surface area (Å²) in [6, 6.07) is 19.6. The van der Waals surface area contributed by atoms with E-state index in [0.29, 0.717) is 32.7 Å². The predicted octanol–water partition coefficient (Wildman–Crippen LogP) is 7.80. The molecule has 5 nitrogen and oxygen atoms in total. The maximum Gasteiger partial charge on any atom is 0.275 e. The van der Waals surface area contributed by atoms with Gasteiger partial charge in [-0.05, 0) is 52.7 Å². The van der Waals surface area contributed by atoms with Crippen LogP contribution >= 0.6 is 46.4 Å². The predicted molar refractivity (Wildman–Crippen MR) is 143 cm³/mol. The number of methoxy groups -OCH3 is 1. The lowest BCUT2D eigenvalue weighted by atomic mass is 10.1. The molecule has 0 saturated carbocycles. The zero-order valence-corrected chi connectivity index (χ0v) is 21.3. The van der Waals surface area contributed by atoms with Gasteiger partial charge in [-0.25, -0.2) is 5.43 Å². The second-order valence-electron chi connectivity index (χ2n) is 7.44. The molecule has 35 heavy (non-hydrogen) atoms. The highest BCUT2D eigenvalue weighted by Gasteiger charge is 2.14. The van der Waals surface area contributed by atoms with Crippen molar-refractivity contribution in [3.05, 3.63) is 104 Å². The van der Waals surface area contributed by atoms with Gasteiger partial charge in [0.1, 0.15) is 12.4 Å². The van der Waals surface area contributed by atoms with Crippen LogP contribution < -0.4 is 14.9 Å². The van der Waals surface area contributed by atoms with E-state index >= 15 is 0 Å². The molecule has 4 aromatic carbocycles. The lowest BCUT2D eigenvalue weighted by Crippen LogP contribution is -2.18. The number of hydrazone groups is 1. The van der Waals surface area contributed by atoms with E-state index in [-0.39, 0.29) is 16.7 Å². The number of carbonyl (C=O) groups is 1. The summed E-state index contributed by atoms with van der Waals surface area (Å²) in [5.74, 6) is 0.340. The smallest absolute Gasteiger partial charge is 0.275 e. The fourth-order valence-electron chi connectivity index (χ4n) is 3.37. The van der Waals surface area contributed by atoms with E-state index in [9.17, 15) is 4.79 Å². The Morgan fingerprint density at radius 2 is 1.60 bits per heavy atom. The maximum absolute atomic E-state index is 12.7. The summed E-state index contributed by atoms with van der Waals surface area (Å²) in [5, 5.41) is 7.49. The average Bonchev–Trinajstić information content (AvgIpc) is 2.83. The third kappa shape index (κ3) is 6.00. The molecule has 0 bridgehead atoms. The topological polar surface area (TPSA) is 59.9 Å². The van der Waals surface area contributed by atoms with E-state index in [1.807, 2.05) is 30.3 Å². The van der Waals surface area contributed by atoms with E-state index in [1.54, 1.807) is 36.4 Å².